The number of fused-ring (bicyclic) bond motifs is 1. The standard InChI is InChI=1S/C16H19N3OS/c1-2-17-15-13-6-4-3-5-11(13)9-14(19-15)16(20)18-12-7-8-21-10-12/h3-6,9,12H,2,7-8,10H2,1H3,(H,17,19)(H,18,20). The monoisotopic (exact) mass is 301 g/mol. The van der Waals surface area contributed by atoms with E-state index in [4.69, 9.17) is 0 Å². The van der Waals surface area contributed by atoms with Crippen molar-refractivity contribution >= 4 is 34.3 Å². The number of pyridine rings is 1. The summed E-state index contributed by atoms with van der Waals surface area (Å²) in [6.07, 6.45) is 1.05. The minimum atomic E-state index is -0.0765. The van der Waals surface area contributed by atoms with E-state index >= 15 is 0 Å². The second kappa shape index (κ2) is 6.35. The van der Waals surface area contributed by atoms with Gasteiger partial charge in [-0.2, -0.15) is 11.8 Å². The van der Waals surface area contributed by atoms with E-state index in [1.807, 2.05) is 49.0 Å². The Hall–Kier alpha value is -1.75. The summed E-state index contributed by atoms with van der Waals surface area (Å²) in [6, 6.07) is 10.1. The van der Waals surface area contributed by atoms with E-state index in [0.29, 0.717) is 5.69 Å². The molecule has 1 aliphatic rings. The quantitative estimate of drug-likeness (QED) is 0.912. The summed E-state index contributed by atoms with van der Waals surface area (Å²) in [5.74, 6) is 2.83. The molecule has 1 aromatic heterocycles. The third-order valence-electron chi connectivity index (χ3n) is 3.58. The number of nitrogens with one attached hydrogen (secondary N) is 2. The van der Waals surface area contributed by atoms with Gasteiger partial charge in [0.05, 0.1) is 0 Å². The summed E-state index contributed by atoms with van der Waals surface area (Å²) < 4.78 is 0. The highest BCUT2D eigenvalue weighted by molar-refractivity contribution is 7.99. The molecule has 5 heteroatoms. The Morgan fingerprint density at radius 1 is 1.43 bits per heavy atom. The molecule has 110 valence electrons. The number of anilines is 1. The first-order chi connectivity index (χ1) is 10.3. The van der Waals surface area contributed by atoms with E-state index in [9.17, 15) is 4.79 Å². The van der Waals surface area contributed by atoms with Gasteiger partial charge in [-0.15, -0.1) is 0 Å². The van der Waals surface area contributed by atoms with Crippen molar-refractivity contribution in [1.82, 2.24) is 10.3 Å². The maximum absolute atomic E-state index is 12.4. The molecule has 0 aliphatic carbocycles. The maximum atomic E-state index is 12.4. The zero-order chi connectivity index (χ0) is 14.7. The third-order valence-corrected chi connectivity index (χ3v) is 4.74. The first kappa shape index (κ1) is 14.2. The predicted molar refractivity (Wildman–Crippen MR) is 89.1 cm³/mol. The van der Waals surface area contributed by atoms with Crippen LogP contribution < -0.4 is 10.6 Å². The van der Waals surface area contributed by atoms with Gasteiger partial charge in [0.2, 0.25) is 0 Å². The Kier molecular flexibility index (Phi) is 4.29. The lowest BCUT2D eigenvalue weighted by molar-refractivity contribution is 0.0936. The van der Waals surface area contributed by atoms with Gasteiger partial charge in [-0.3, -0.25) is 4.79 Å². The average molecular weight is 301 g/mol. The van der Waals surface area contributed by atoms with Gasteiger partial charge in [0, 0.05) is 23.7 Å². The summed E-state index contributed by atoms with van der Waals surface area (Å²) in [5, 5.41) is 8.41. The maximum Gasteiger partial charge on any atom is 0.270 e. The summed E-state index contributed by atoms with van der Waals surface area (Å²) in [4.78, 5) is 16.9. The van der Waals surface area contributed by atoms with Crippen LogP contribution in [0.25, 0.3) is 10.8 Å². The van der Waals surface area contributed by atoms with E-state index < -0.39 is 0 Å². The Balaban J connectivity index is 1.92. The minimum Gasteiger partial charge on any atom is -0.370 e. The fourth-order valence-electron chi connectivity index (χ4n) is 2.52. The Morgan fingerprint density at radius 3 is 3.05 bits per heavy atom. The second-order valence-corrected chi connectivity index (χ2v) is 6.29. The highest BCUT2D eigenvalue weighted by Gasteiger charge is 2.19. The molecule has 1 aromatic carbocycles. The molecule has 0 bridgehead atoms. The average Bonchev–Trinajstić information content (AvgIpc) is 3.00. The van der Waals surface area contributed by atoms with Crippen LogP contribution in [-0.2, 0) is 0 Å². The molecule has 2 heterocycles. The molecule has 21 heavy (non-hydrogen) atoms. The molecule has 2 N–H and O–H groups in total. The number of nitrogens with zero attached hydrogens (tertiary/aromatic N) is 1. The van der Waals surface area contributed by atoms with Gasteiger partial charge in [-0.25, -0.2) is 4.98 Å². The molecule has 0 spiro atoms. The fourth-order valence-corrected chi connectivity index (χ4v) is 3.68. The zero-order valence-corrected chi connectivity index (χ0v) is 12.9. The lowest BCUT2D eigenvalue weighted by atomic mass is 10.1. The lowest BCUT2D eigenvalue weighted by Crippen LogP contribution is -2.35. The van der Waals surface area contributed by atoms with Gasteiger partial charge < -0.3 is 10.6 Å². The van der Waals surface area contributed by atoms with E-state index in [1.54, 1.807) is 0 Å². The molecule has 1 amide bonds. The van der Waals surface area contributed by atoms with Crippen LogP contribution in [0.15, 0.2) is 30.3 Å². The largest absolute Gasteiger partial charge is 0.370 e. The van der Waals surface area contributed by atoms with Crippen molar-refractivity contribution in [3.63, 3.8) is 0 Å². The molecule has 0 radical (unpaired) electrons. The van der Waals surface area contributed by atoms with E-state index in [-0.39, 0.29) is 11.9 Å². The molecule has 1 fully saturated rings. The van der Waals surface area contributed by atoms with Gasteiger partial charge in [0.25, 0.3) is 5.91 Å². The van der Waals surface area contributed by atoms with Crippen molar-refractivity contribution in [3.05, 3.63) is 36.0 Å². The smallest absolute Gasteiger partial charge is 0.270 e. The molecular weight excluding hydrogens is 282 g/mol. The summed E-state index contributed by atoms with van der Waals surface area (Å²) in [6.45, 7) is 2.81. The molecule has 3 rings (SSSR count). The number of aromatic nitrogens is 1. The van der Waals surface area contributed by atoms with Gasteiger partial charge in [-0.1, -0.05) is 24.3 Å². The normalized spacial score (nSPS) is 17.9. The van der Waals surface area contributed by atoms with Crippen LogP contribution in [0.2, 0.25) is 0 Å². The number of rotatable bonds is 4. The van der Waals surface area contributed by atoms with Crippen LogP contribution in [0.4, 0.5) is 5.82 Å². The van der Waals surface area contributed by atoms with Crippen molar-refractivity contribution in [1.29, 1.82) is 0 Å². The van der Waals surface area contributed by atoms with Crippen molar-refractivity contribution < 1.29 is 4.79 Å². The Morgan fingerprint density at radius 2 is 2.29 bits per heavy atom. The number of benzene rings is 1. The van der Waals surface area contributed by atoms with E-state index in [1.165, 1.54) is 0 Å². The van der Waals surface area contributed by atoms with Gasteiger partial charge in [0.15, 0.2) is 0 Å². The zero-order valence-electron chi connectivity index (χ0n) is 12.1. The number of carbonyl (C=O) groups excluding carboxylic acids is 1. The molecule has 1 unspecified atom stereocenters. The van der Waals surface area contributed by atoms with Crippen LogP contribution in [0.1, 0.15) is 23.8 Å². The topological polar surface area (TPSA) is 54.0 Å². The van der Waals surface area contributed by atoms with Crippen molar-refractivity contribution in [3.8, 4) is 0 Å². The molecular formula is C16H19N3OS. The van der Waals surface area contributed by atoms with Crippen molar-refractivity contribution in [2.75, 3.05) is 23.4 Å². The molecule has 1 aliphatic heterocycles. The number of carbonyl (C=O) groups is 1. The van der Waals surface area contributed by atoms with Crippen molar-refractivity contribution in [2.45, 2.75) is 19.4 Å². The number of amides is 1. The van der Waals surface area contributed by atoms with E-state index in [0.717, 1.165) is 41.1 Å². The third kappa shape index (κ3) is 3.13. The molecule has 1 atom stereocenters. The summed E-state index contributed by atoms with van der Waals surface area (Å²) in [7, 11) is 0. The molecule has 0 saturated carbocycles. The van der Waals surface area contributed by atoms with E-state index in [2.05, 4.69) is 15.6 Å². The fraction of sp³-hybridized carbons (Fsp3) is 0.375. The number of thioether (sulfide) groups is 1. The highest BCUT2D eigenvalue weighted by Crippen LogP contribution is 2.23. The highest BCUT2D eigenvalue weighted by atomic mass is 32.2. The Bertz CT molecular complexity index is 653. The first-order valence-electron chi connectivity index (χ1n) is 7.30. The summed E-state index contributed by atoms with van der Waals surface area (Å²) >= 11 is 1.89. The predicted octanol–water partition coefficient (Wildman–Crippen LogP) is 2.90. The Labute approximate surface area is 128 Å². The minimum absolute atomic E-state index is 0.0765. The molecule has 4 nitrogen and oxygen atoms in total. The van der Waals surface area contributed by atoms with Crippen LogP contribution in [0.3, 0.4) is 0 Å². The van der Waals surface area contributed by atoms with Gasteiger partial charge in [0.1, 0.15) is 11.5 Å². The van der Waals surface area contributed by atoms with Crippen LogP contribution >= 0.6 is 11.8 Å². The summed E-state index contributed by atoms with van der Waals surface area (Å²) in [5.41, 5.74) is 0.488. The SMILES string of the molecule is CCNc1nc(C(=O)NC2CCSC2)cc2ccccc12. The lowest BCUT2D eigenvalue weighted by Gasteiger charge is -2.13. The molecule has 1 saturated heterocycles. The second-order valence-electron chi connectivity index (χ2n) is 5.14. The van der Waals surface area contributed by atoms with Gasteiger partial charge in [-0.05, 0) is 30.6 Å². The van der Waals surface area contributed by atoms with Crippen molar-refractivity contribution in [2.24, 2.45) is 0 Å². The van der Waals surface area contributed by atoms with Gasteiger partial charge >= 0.3 is 0 Å². The number of hydrogen-bond acceptors (Lipinski definition) is 4. The molecule has 2 aromatic rings. The van der Waals surface area contributed by atoms with Crippen LogP contribution in [0.5, 0.6) is 0 Å². The number of hydrogen-bond donors (Lipinski definition) is 2. The van der Waals surface area contributed by atoms with Crippen LogP contribution in [-0.4, -0.2) is 35.0 Å². The first-order valence-corrected chi connectivity index (χ1v) is 8.45. The van der Waals surface area contributed by atoms with Crippen LogP contribution in [0, 0.1) is 0 Å².